The van der Waals surface area contributed by atoms with Crippen LogP contribution in [-0.2, 0) is 5.41 Å². The fourth-order valence-electron chi connectivity index (χ4n) is 7.90. The van der Waals surface area contributed by atoms with Gasteiger partial charge in [-0.1, -0.05) is 170 Å². The van der Waals surface area contributed by atoms with Crippen LogP contribution in [-0.4, -0.2) is 0 Å². The molecule has 49 heavy (non-hydrogen) atoms. The van der Waals surface area contributed by atoms with E-state index in [0.717, 1.165) is 11.4 Å². The van der Waals surface area contributed by atoms with Crippen molar-refractivity contribution in [2.75, 3.05) is 4.90 Å². The molecule has 1 atom stereocenters. The van der Waals surface area contributed by atoms with Crippen LogP contribution in [0.1, 0.15) is 23.6 Å². The van der Waals surface area contributed by atoms with Gasteiger partial charge in [0, 0.05) is 22.2 Å². The summed E-state index contributed by atoms with van der Waals surface area (Å²) in [4.78, 5) is 2.49. The normalized spacial score (nSPS) is 14.7. The van der Waals surface area contributed by atoms with Crippen LogP contribution in [0.5, 0.6) is 0 Å². The van der Waals surface area contributed by atoms with Crippen LogP contribution < -0.4 is 4.90 Å². The zero-order valence-electron chi connectivity index (χ0n) is 27.4. The first-order chi connectivity index (χ1) is 24.2. The molecule has 0 saturated heterocycles. The summed E-state index contributed by atoms with van der Waals surface area (Å²) < 4.78 is 0. The molecule has 0 radical (unpaired) electrons. The summed E-state index contributed by atoms with van der Waals surface area (Å²) in [6.45, 7) is 2.39. The highest BCUT2D eigenvalue weighted by atomic mass is 15.1. The summed E-state index contributed by atoms with van der Waals surface area (Å²) in [6.07, 6.45) is 0. The first kappa shape index (κ1) is 29.0. The molecule has 1 heteroatoms. The molecule has 1 aliphatic carbocycles. The first-order valence-electron chi connectivity index (χ1n) is 17.0. The number of para-hydroxylation sites is 1. The highest BCUT2D eigenvalue weighted by Crippen LogP contribution is 2.57. The van der Waals surface area contributed by atoms with Gasteiger partial charge in [-0.25, -0.2) is 0 Å². The molecule has 0 aliphatic heterocycles. The van der Waals surface area contributed by atoms with E-state index in [1.807, 2.05) is 0 Å². The Bertz CT molecular complexity index is 2440. The minimum atomic E-state index is -0.287. The largest absolute Gasteiger partial charge is 0.309 e. The average Bonchev–Trinajstić information content (AvgIpc) is 3.45. The topological polar surface area (TPSA) is 3.24 Å². The van der Waals surface area contributed by atoms with Gasteiger partial charge in [0.2, 0.25) is 0 Å². The fraction of sp³-hybridized carbons (Fsp3) is 0.0417. The molecule has 9 rings (SSSR count). The maximum atomic E-state index is 2.49. The maximum Gasteiger partial charge on any atom is 0.0543 e. The maximum absolute atomic E-state index is 2.49. The van der Waals surface area contributed by atoms with Gasteiger partial charge < -0.3 is 4.90 Å². The molecule has 1 unspecified atom stereocenters. The molecule has 0 heterocycles. The average molecular weight is 626 g/mol. The Kier molecular flexibility index (Phi) is 6.99. The van der Waals surface area contributed by atoms with Gasteiger partial charge in [-0.15, -0.1) is 0 Å². The number of anilines is 3. The summed E-state index contributed by atoms with van der Waals surface area (Å²) in [7, 11) is 0. The Hall–Kier alpha value is -6.18. The van der Waals surface area contributed by atoms with Crippen molar-refractivity contribution in [1.29, 1.82) is 0 Å². The summed E-state index contributed by atoms with van der Waals surface area (Å²) >= 11 is 0. The van der Waals surface area contributed by atoms with E-state index in [1.165, 1.54) is 66.5 Å². The van der Waals surface area contributed by atoms with E-state index in [-0.39, 0.29) is 5.41 Å². The second-order valence-electron chi connectivity index (χ2n) is 13.1. The van der Waals surface area contributed by atoms with E-state index in [4.69, 9.17) is 0 Å². The van der Waals surface area contributed by atoms with Crippen molar-refractivity contribution < 1.29 is 0 Å². The second-order valence-corrected chi connectivity index (χ2v) is 13.1. The molecule has 0 saturated carbocycles. The number of nitrogens with zero attached hydrogens (tertiary/aromatic N) is 1. The number of hydrogen-bond donors (Lipinski definition) is 0. The van der Waals surface area contributed by atoms with Crippen molar-refractivity contribution in [3.05, 3.63) is 211 Å². The van der Waals surface area contributed by atoms with Crippen molar-refractivity contribution in [3.63, 3.8) is 0 Å². The SMILES string of the molecule is CC1(c2ccccc2)c2ccccc2-c2c(N(c3ccc4ccccc4c3)c3ccccc3-c3ccc(-c4ccccc4)cc3)cccc21. The van der Waals surface area contributed by atoms with Gasteiger partial charge in [0.05, 0.1) is 11.4 Å². The summed E-state index contributed by atoms with van der Waals surface area (Å²) in [5.74, 6) is 0. The lowest BCUT2D eigenvalue weighted by molar-refractivity contribution is 0.714. The lowest BCUT2D eigenvalue weighted by Gasteiger charge is -2.31. The van der Waals surface area contributed by atoms with E-state index in [9.17, 15) is 0 Å². The predicted octanol–water partition coefficient (Wildman–Crippen LogP) is 13.0. The van der Waals surface area contributed by atoms with Gasteiger partial charge in [-0.3, -0.25) is 0 Å². The summed E-state index contributed by atoms with van der Waals surface area (Å²) in [6, 6.07) is 70.8. The Morgan fingerprint density at radius 1 is 0.388 bits per heavy atom. The zero-order valence-corrected chi connectivity index (χ0v) is 27.4. The first-order valence-corrected chi connectivity index (χ1v) is 17.0. The highest BCUT2D eigenvalue weighted by molar-refractivity contribution is 6.00. The molecular weight excluding hydrogens is 591 g/mol. The van der Waals surface area contributed by atoms with Gasteiger partial charge in [-0.05, 0) is 80.9 Å². The number of fused-ring (bicyclic) bond motifs is 4. The Labute approximate surface area is 288 Å². The van der Waals surface area contributed by atoms with Gasteiger partial charge in [0.25, 0.3) is 0 Å². The molecule has 1 nitrogen and oxygen atoms in total. The number of rotatable bonds is 6. The van der Waals surface area contributed by atoms with Crippen molar-refractivity contribution in [2.24, 2.45) is 0 Å². The van der Waals surface area contributed by atoms with Gasteiger partial charge >= 0.3 is 0 Å². The molecule has 232 valence electrons. The van der Waals surface area contributed by atoms with Crippen LogP contribution in [0.4, 0.5) is 17.1 Å². The van der Waals surface area contributed by atoms with Crippen molar-refractivity contribution in [1.82, 2.24) is 0 Å². The van der Waals surface area contributed by atoms with E-state index < -0.39 is 0 Å². The minimum absolute atomic E-state index is 0.287. The lowest BCUT2D eigenvalue weighted by Crippen LogP contribution is -2.22. The molecule has 0 spiro atoms. The Morgan fingerprint density at radius 3 is 1.76 bits per heavy atom. The van der Waals surface area contributed by atoms with E-state index >= 15 is 0 Å². The van der Waals surface area contributed by atoms with Gasteiger partial charge in [-0.2, -0.15) is 0 Å². The van der Waals surface area contributed by atoms with Crippen molar-refractivity contribution in [3.8, 4) is 33.4 Å². The monoisotopic (exact) mass is 625 g/mol. The standard InChI is InChI=1S/C48H35N/c1-48(39-19-6-3-7-20-39)43-23-12-10-22-42(43)47-44(48)24-14-26-46(47)49(40-32-31-35-17-8-9-18-38(35)33-40)45-25-13-11-21-41(45)37-29-27-36(28-30-37)34-15-4-2-5-16-34/h2-33H,1H3. The molecule has 0 bridgehead atoms. The quantitative estimate of drug-likeness (QED) is 0.178. The van der Waals surface area contributed by atoms with Gasteiger partial charge in [0.15, 0.2) is 0 Å². The van der Waals surface area contributed by atoms with Crippen LogP contribution in [0.3, 0.4) is 0 Å². The van der Waals surface area contributed by atoms with E-state index in [0.29, 0.717) is 0 Å². The third kappa shape index (κ3) is 4.78. The Balaban J connectivity index is 1.29. The fourth-order valence-corrected chi connectivity index (χ4v) is 7.90. The third-order valence-corrected chi connectivity index (χ3v) is 10.3. The molecule has 8 aromatic carbocycles. The van der Waals surface area contributed by atoms with Gasteiger partial charge in [0.1, 0.15) is 0 Å². The van der Waals surface area contributed by atoms with Crippen molar-refractivity contribution >= 4 is 27.8 Å². The van der Waals surface area contributed by atoms with Crippen LogP contribution >= 0.6 is 0 Å². The summed E-state index contributed by atoms with van der Waals surface area (Å²) in [5.41, 5.74) is 14.5. The van der Waals surface area contributed by atoms with Crippen LogP contribution in [0.2, 0.25) is 0 Å². The van der Waals surface area contributed by atoms with E-state index in [1.54, 1.807) is 0 Å². The Morgan fingerprint density at radius 2 is 0.959 bits per heavy atom. The van der Waals surface area contributed by atoms with Crippen LogP contribution in [0, 0.1) is 0 Å². The van der Waals surface area contributed by atoms with Crippen LogP contribution in [0.15, 0.2) is 194 Å². The van der Waals surface area contributed by atoms with Crippen LogP contribution in [0.25, 0.3) is 44.2 Å². The number of benzene rings is 8. The number of hydrogen-bond acceptors (Lipinski definition) is 1. The molecule has 1 aliphatic rings. The molecule has 0 N–H and O–H groups in total. The molecule has 0 aromatic heterocycles. The predicted molar refractivity (Wildman–Crippen MR) is 207 cm³/mol. The lowest BCUT2D eigenvalue weighted by atomic mass is 9.74. The van der Waals surface area contributed by atoms with Crippen molar-refractivity contribution in [2.45, 2.75) is 12.3 Å². The molecule has 0 amide bonds. The molecule has 0 fully saturated rings. The van der Waals surface area contributed by atoms with E-state index in [2.05, 4.69) is 206 Å². The molecule has 8 aromatic rings. The second kappa shape index (κ2) is 11.8. The minimum Gasteiger partial charge on any atom is -0.309 e. The highest BCUT2D eigenvalue weighted by Gasteiger charge is 2.42. The third-order valence-electron chi connectivity index (χ3n) is 10.3. The summed E-state index contributed by atoms with van der Waals surface area (Å²) in [5, 5.41) is 2.45. The zero-order chi connectivity index (χ0) is 32.8. The molecular formula is C48H35N. The smallest absolute Gasteiger partial charge is 0.0543 e.